The van der Waals surface area contributed by atoms with Crippen molar-refractivity contribution in [3.05, 3.63) is 64.9 Å². The van der Waals surface area contributed by atoms with Gasteiger partial charge in [-0.25, -0.2) is 4.39 Å². The number of anilines is 1. The standard InChI is InChI=1S/C19H17ClFNO4S/c1-12(27-11-18(24)22-16-8-6-15(21)7-9-16)19(25)26-10-17(23)13-2-4-14(20)5-3-13/h2-9,12H,10-11H2,1H3,(H,22,24)/t12-/m1/s1. The second-order valence-electron chi connectivity index (χ2n) is 5.55. The molecule has 142 valence electrons. The molecule has 0 fully saturated rings. The van der Waals surface area contributed by atoms with Gasteiger partial charge in [-0.05, 0) is 55.5 Å². The Bertz CT molecular complexity index is 811. The molecule has 8 heteroatoms. The minimum Gasteiger partial charge on any atom is -0.456 e. The number of carbonyl (C=O) groups is 3. The maximum atomic E-state index is 12.8. The molecule has 0 bridgehead atoms. The molecule has 0 unspecified atom stereocenters. The molecule has 0 saturated heterocycles. The zero-order valence-corrected chi connectivity index (χ0v) is 16.0. The van der Waals surface area contributed by atoms with Gasteiger partial charge in [0.2, 0.25) is 5.91 Å². The first-order valence-corrected chi connectivity index (χ1v) is 9.40. The summed E-state index contributed by atoms with van der Waals surface area (Å²) in [7, 11) is 0. The summed E-state index contributed by atoms with van der Waals surface area (Å²) in [5.74, 6) is -1.64. The summed E-state index contributed by atoms with van der Waals surface area (Å²) >= 11 is 6.83. The highest BCUT2D eigenvalue weighted by Crippen LogP contribution is 2.15. The number of benzene rings is 2. The Morgan fingerprint density at radius 2 is 1.74 bits per heavy atom. The maximum absolute atomic E-state index is 12.8. The van der Waals surface area contributed by atoms with Crippen molar-refractivity contribution in [2.75, 3.05) is 17.7 Å². The van der Waals surface area contributed by atoms with Crippen molar-refractivity contribution in [3.63, 3.8) is 0 Å². The summed E-state index contributed by atoms with van der Waals surface area (Å²) in [4.78, 5) is 35.8. The van der Waals surface area contributed by atoms with Crippen molar-refractivity contribution >= 4 is 46.7 Å². The van der Waals surface area contributed by atoms with E-state index < -0.39 is 17.0 Å². The van der Waals surface area contributed by atoms with Crippen molar-refractivity contribution in [2.45, 2.75) is 12.2 Å². The van der Waals surface area contributed by atoms with Crippen LogP contribution >= 0.6 is 23.4 Å². The molecular formula is C19H17ClFNO4S. The molecule has 5 nitrogen and oxygen atoms in total. The van der Waals surface area contributed by atoms with Gasteiger partial charge in [0.25, 0.3) is 0 Å². The van der Waals surface area contributed by atoms with Crippen LogP contribution in [-0.2, 0) is 14.3 Å². The number of rotatable bonds is 8. The molecule has 1 N–H and O–H groups in total. The summed E-state index contributed by atoms with van der Waals surface area (Å²) in [6.07, 6.45) is 0. The first-order valence-electron chi connectivity index (χ1n) is 7.97. The highest BCUT2D eigenvalue weighted by molar-refractivity contribution is 8.01. The number of carbonyl (C=O) groups excluding carboxylic acids is 3. The lowest BCUT2D eigenvalue weighted by molar-refractivity contribution is -0.141. The molecule has 0 heterocycles. The van der Waals surface area contributed by atoms with E-state index in [1.165, 1.54) is 24.3 Å². The molecule has 27 heavy (non-hydrogen) atoms. The molecule has 0 aliphatic carbocycles. The van der Waals surface area contributed by atoms with E-state index in [-0.39, 0.29) is 24.1 Å². The Balaban J connectivity index is 1.73. The summed E-state index contributed by atoms with van der Waals surface area (Å²) in [6, 6.07) is 11.6. The van der Waals surface area contributed by atoms with Gasteiger partial charge in [0.1, 0.15) is 11.1 Å². The van der Waals surface area contributed by atoms with Crippen LogP contribution in [0.5, 0.6) is 0 Å². The van der Waals surface area contributed by atoms with Gasteiger partial charge in [0.05, 0.1) is 5.75 Å². The topological polar surface area (TPSA) is 72.5 Å². The normalized spacial score (nSPS) is 11.5. The number of hydrogen-bond acceptors (Lipinski definition) is 5. The summed E-state index contributed by atoms with van der Waals surface area (Å²) in [5.41, 5.74) is 0.858. The zero-order valence-electron chi connectivity index (χ0n) is 14.4. The third kappa shape index (κ3) is 7.03. The fourth-order valence-electron chi connectivity index (χ4n) is 1.97. The second kappa shape index (κ2) is 10.1. The third-order valence-corrected chi connectivity index (χ3v) is 4.81. The largest absolute Gasteiger partial charge is 0.456 e. The molecule has 1 atom stereocenters. The van der Waals surface area contributed by atoms with Crippen LogP contribution in [0.3, 0.4) is 0 Å². The Morgan fingerprint density at radius 1 is 1.11 bits per heavy atom. The van der Waals surface area contributed by atoms with Gasteiger partial charge in [0, 0.05) is 16.3 Å². The molecule has 0 aliphatic heterocycles. The van der Waals surface area contributed by atoms with Gasteiger partial charge in [0.15, 0.2) is 12.4 Å². The predicted octanol–water partition coefficient (Wildman–Crippen LogP) is 3.97. The van der Waals surface area contributed by atoms with E-state index in [9.17, 15) is 18.8 Å². The number of esters is 1. The lowest BCUT2D eigenvalue weighted by atomic mass is 10.1. The van der Waals surface area contributed by atoms with Crippen LogP contribution in [0.4, 0.5) is 10.1 Å². The fraction of sp³-hybridized carbons (Fsp3) is 0.211. The van der Waals surface area contributed by atoms with Crippen molar-refractivity contribution in [3.8, 4) is 0 Å². The maximum Gasteiger partial charge on any atom is 0.319 e. The molecule has 0 saturated carbocycles. The van der Waals surface area contributed by atoms with Crippen LogP contribution in [0.2, 0.25) is 5.02 Å². The van der Waals surface area contributed by atoms with Crippen LogP contribution in [0.15, 0.2) is 48.5 Å². The zero-order chi connectivity index (χ0) is 19.8. The molecule has 1 amide bonds. The molecule has 2 rings (SSSR count). The number of hydrogen-bond donors (Lipinski definition) is 1. The van der Waals surface area contributed by atoms with Crippen molar-refractivity contribution in [1.82, 2.24) is 0 Å². The molecule has 0 aromatic heterocycles. The number of amides is 1. The lowest BCUT2D eigenvalue weighted by Crippen LogP contribution is -2.23. The number of ketones is 1. The molecule has 0 aliphatic rings. The second-order valence-corrected chi connectivity index (χ2v) is 7.31. The number of ether oxygens (including phenoxy) is 1. The summed E-state index contributed by atoms with van der Waals surface area (Å²) in [6.45, 7) is 1.21. The number of thioether (sulfide) groups is 1. The highest BCUT2D eigenvalue weighted by Gasteiger charge is 2.18. The van der Waals surface area contributed by atoms with Crippen LogP contribution in [0.1, 0.15) is 17.3 Å². The number of Topliss-reactive ketones (excluding diaryl/α,β-unsaturated/α-hetero) is 1. The van der Waals surface area contributed by atoms with E-state index in [0.29, 0.717) is 16.3 Å². The van der Waals surface area contributed by atoms with Crippen LogP contribution in [0, 0.1) is 5.82 Å². The van der Waals surface area contributed by atoms with Gasteiger partial charge < -0.3 is 10.1 Å². The van der Waals surface area contributed by atoms with Crippen molar-refractivity contribution in [2.24, 2.45) is 0 Å². The number of halogens is 2. The van der Waals surface area contributed by atoms with Gasteiger partial charge >= 0.3 is 5.97 Å². The average Bonchev–Trinajstić information content (AvgIpc) is 2.66. The van der Waals surface area contributed by atoms with E-state index in [0.717, 1.165) is 11.8 Å². The minimum absolute atomic E-state index is 0.0127. The first kappa shape index (κ1) is 20.9. The van der Waals surface area contributed by atoms with Gasteiger partial charge in [-0.3, -0.25) is 14.4 Å². The fourth-order valence-corrected chi connectivity index (χ4v) is 2.78. The van der Waals surface area contributed by atoms with E-state index >= 15 is 0 Å². The van der Waals surface area contributed by atoms with E-state index in [4.69, 9.17) is 16.3 Å². The van der Waals surface area contributed by atoms with E-state index in [1.807, 2.05) is 0 Å². The molecule has 2 aromatic rings. The predicted molar refractivity (Wildman–Crippen MR) is 104 cm³/mol. The Morgan fingerprint density at radius 3 is 2.37 bits per heavy atom. The summed E-state index contributed by atoms with van der Waals surface area (Å²) in [5, 5.41) is 2.48. The van der Waals surface area contributed by atoms with Gasteiger partial charge in [-0.2, -0.15) is 0 Å². The Labute approximate surface area is 165 Å². The average molecular weight is 410 g/mol. The molecule has 2 aromatic carbocycles. The first-order chi connectivity index (χ1) is 12.8. The van der Waals surface area contributed by atoms with Gasteiger partial charge in [-0.1, -0.05) is 11.6 Å². The molecular weight excluding hydrogens is 393 g/mol. The SMILES string of the molecule is C[C@@H](SCC(=O)Nc1ccc(F)cc1)C(=O)OCC(=O)c1ccc(Cl)cc1. The third-order valence-electron chi connectivity index (χ3n) is 3.44. The van der Waals surface area contributed by atoms with Crippen molar-refractivity contribution < 1.29 is 23.5 Å². The van der Waals surface area contributed by atoms with Crippen LogP contribution in [0.25, 0.3) is 0 Å². The van der Waals surface area contributed by atoms with Gasteiger partial charge in [-0.15, -0.1) is 11.8 Å². The minimum atomic E-state index is -0.623. The van der Waals surface area contributed by atoms with Crippen molar-refractivity contribution in [1.29, 1.82) is 0 Å². The van der Waals surface area contributed by atoms with E-state index in [2.05, 4.69) is 5.32 Å². The monoisotopic (exact) mass is 409 g/mol. The smallest absolute Gasteiger partial charge is 0.319 e. The number of nitrogens with one attached hydrogen (secondary N) is 1. The lowest BCUT2D eigenvalue weighted by Gasteiger charge is -2.11. The van der Waals surface area contributed by atoms with Crippen LogP contribution < -0.4 is 5.32 Å². The molecule has 0 spiro atoms. The van der Waals surface area contributed by atoms with Crippen LogP contribution in [-0.4, -0.2) is 35.3 Å². The summed E-state index contributed by atoms with van der Waals surface area (Å²) < 4.78 is 17.8. The Kier molecular flexibility index (Phi) is 7.82. The van der Waals surface area contributed by atoms with E-state index in [1.54, 1.807) is 31.2 Å². The highest BCUT2D eigenvalue weighted by atomic mass is 35.5. The molecule has 0 radical (unpaired) electrons. The quantitative estimate of drug-likeness (QED) is 0.527. The Hall–Kier alpha value is -2.38.